The highest BCUT2D eigenvalue weighted by Gasteiger charge is 2.22. The van der Waals surface area contributed by atoms with Gasteiger partial charge >= 0.3 is 0 Å². The first-order valence-electron chi connectivity index (χ1n) is 8.24. The van der Waals surface area contributed by atoms with Gasteiger partial charge in [-0.05, 0) is 36.5 Å². The number of benzene rings is 1. The summed E-state index contributed by atoms with van der Waals surface area (Å²) in [6, 6.07) is 6.05. The maximum Gasteiger partial charge on any atom is 0.231 e. The summed E-state index contributed by atoms with van der Waals surface area (Å²) in [5.41, 5.74) is 2.27. The highest BCUT2D eigenvalue weighted by Crippen LogP contribution is 2.36. The molecule has 1 saturated heterocycles. The number of nitrogens with zero attached hydrogens (tertiary/aromatic N) is 2. The van der Waals surface area contributed by atoms with Crippen molar-refractivity contribution < 1.29 is 9.47 Å². The van der Waals surface area contributed by atoms with E-state index in [1.807, 2.05) is 12.1 Å². The Bertz CT molecular complexity index is 690. The van der Waals surface area contributed by atoms with E-state index < -0.39 is 0 Å². The SMILES string of the molecule is C[C@@H]1C[C@H](C)CN(Cc2csc(-c3ccc4c(c3)OCO4)n2)C1. The first kappa shape index (κ1) is 15.0. The van der Waals surface area contributed by atoms with Gasteiger partial charge in [0.1, 0.15) is 5.01 Å². The molecule has 0 N–H and O–H groups in total. The summed E-state index contributed by atoms with van der Waals surface area (Å²) < 4.78 is 10.8. The minimum absolute atomic E-state index is 0.313. The Kier molecular flexibility index (Phi) is 3.99. The molecule has 1 aromatic heterocycles. The molecule has 5 heteroatoms. The van der Waals surface area contributed by atoms with Crippen molar-refractivity contribution in [1.82, 2.24) is 9.88 Å². The van der Waals surface area contributed by atoms with Crippen LogP contribution in [-0.4, -0.2) is 29.8 Å². The molecule has 0 amide bonds. The number of ether oxygens (including phenoxy) is 2. The maximum absolute atomic E-state index is 5.46. The van der Waals surface area contributed by atoms with E-state index in [-0.39, 0.29) is 0 Å². The molecule has 0 aliphatic carbocycles. The third-order valence-electron chi connectivity index (χ3n) is 4.50. The number of rotatable bonds is 3. The van der Waals surface area contributed by atoms with Gasteiger partial charge in [-0.15, -0.1) is 11.3 Å². The van der Waals surface area contributed by atoms with E-state index in [1.54, 1.807) is 11.3 Å². The zero-order valence-electron chi connectivity index (χ0n) is 13.6. The van der Waals surface area contributed by atoms with Crippen LogP contribution in [-0.2, 0) is 6.54 Å². The van der Waals surface area contributed by atoms with Crippen LogP contribution < -0.4 is 9.47 Å². The topological polar surface area (TPSA) is 34.6 Å². The van der Waals surface area contributed by atoms with Crippen molar-refractivity contribution in [1.29, 1.82) is 0 Å². The van der Waals surface area contributed by atoms with Crippen LogP contribution in [0.2, 0.25) is 0 Å². The van der Waals surface area contributed by atoms with E-state index >= 15 is 0 Å². The molecule has 4 rings (SSSR count). The molecule has 2 aliphatic rings. The van der Waals surface area contributed by atoms with Crippen LogP contribution in [0.3, 0.4) is 0 Å². The van der Waals surface area contributed by atoms with Crippen molar-refractivity contribution in [2.75, 3.05) is 19.9 Å². The molecule has 3 heterocycles. The number of hydrogen-bond donors (Lipinski definition) is 0. The van der Waals surface area contributed by atoms with Gasteiger partial charge in [0.05, 0.1) is 5.69 Å². The highest BCUT2D eigenvalue weighted by atomic mass is 32.1. The van der Waals surface area contributed by atoms with E-state index in [1.165, 1.54) is 25.2 Å². The fourth-order valence-electron chi connectivity index (χ4n) is 3.69. The first-order valence-corrected chi connectivity index (χ1v) is 9.12. The lowest BCUT2D eigenvalue weighted by atomic mass is 9.92. The van der Waals surface area contributed by atoms with Gasteiger partial charge in [-0.3, -0.25) is 4.90 Å². The van der Waals surface area contributed by atoms with Gasteiger partial charge in [-0.2, -0.15) is 0 Å². The molecule has 1 fully saturated rings. The highest BCUT2D eigenvalue weighted by molar-refractivity contribution is 7.13. The number of thiazole rings is 1. The number of hydrogen-bond acceptors (Lipinski definition) is 5. The van der Waals surface area contributed by atoms with Crippen LogP contribution in [0.1, 0.15) is 26.0 Å². The summed E-state index contributed by atoms with van der Waals surface area (Å²) in [7, 11) is 0. The van der Waals surface area contributed by atoms with E-state index in [0.29, 0.717) is 6.79 Å². The zero-order valence-corrected chi connectivity index (χ0v) is 14.4. The second-order valence-electron chi connectivity index (χ2n) is 6.85. The van der Waals surface area contributed by atoms with Crippen molar-refractivity contribution in [2.24, 2.45) is 11.8 Å². The van der Waals surface area contributed by atoms with Gasteiger partial charge in [0.15, 0.2) is 11.5 Å². The predicted molar refractivity (Wildman–Crippen MR) is 91.9 cm³/mol. The summed E-state index contributed by atoms with van der Waals surface area (Å²) in [4.78, 5) is 7.37. The molecule has 2 atom stereocenters. The Balaban J connectivity index is 1.48. The minimum Gasteiger partial charge on any atom is -0.454 e. The molecular weight excluding hydrogens is 308 g/mol. The molecule has 0 saturated carbocycles. The van der Waals surface area contributed by atoms with E-state index in [9.17, 15) is 0 Å². The number of aromatic nitrogens is 1. The molecular formula is C18H22N2O2S. The second-order valence-corrected chi connectivity index (χ2v) is 7.71. The monoisotopic (exact) mass is 330 g/mol. The quantitative estimate of drug-likeness (QED) is 0.851. The van der Waals surface area contributed by atoms with E-state index in [2.05, 4.69) is 30.2 Å². The standard InChI is InChI=1S/C18H22N2O2S/c1-12-5-13(2)8-20(7-12)9-15-10-23-18(19-15)14-3-4-16-17(6-14)22-11-21-16/h3-4,6,10,12-13H,5,7-9,11H2,1-2H3/t12-,13+. The molecule has 1 aromatic carbocycles. The molecule has 23 heavy (non-hydrogen) atoms. The predicted octanol–water partition coefficient (Wildman–Crippen LogP) is 4.02. The number of fused-ring (bicyclic) bond motifs is 1. The number of piperidine rings is 1. The lowest BCUT2D eigenvalue weighted by Gasteiger charge is -2.34. The van der Waals surface area contributed by atoms with Gasteiger partial charge in [0.25, 0.3) is 0 Å². The molecule has 2 aliphatic heterocycles. The minimum atomic E-state index is 0.313. The zero-order chi connectivity index (χ0) is 15.8. The van der Waals surface area contributed by atoms with Crippen LogP contribution in [0, 0.1) is 11.8 Å². The Morgan fingerprint density at radius 3 is 2.78 bits per heavy atom. The summed E-state index contributed by atoms with van der Waals surface area (Å²) >= 11 is 1.70. The molecule has 0 radical (unpaired) electrons. The van der Waals surface area contributed by atoms with Crippen LogP contribution in [0.4, 0.5) is 0 Å². The van der Waals surface area contributed by atoms with Crippen molar-refractivity contribution in [3.05, 3.63) is 29.3 Å². The fraction of sp³-hybridized carbons (Fsp3) is 0.500. The molecule has 0 spiro atoms. The molecule has 4 nitrogen and oxygen atoms in total. The third-order valence-corrected chi connectivity index (χ3v) is 5.44. The van der Waals surface area contributed by atoms with Crippen molar-refractivity contribution in [2.45, 2.75) is 26.8 Å². The lowest BCUT2D eigenvalue weighted by Crippen LogP contribution is -2.38. The van der Waals surface area contributed by atoms with Crippen LogP contribution in [0.25, 0.3) is 10.6 Å². The van der Waals surface area contributed by atoms with Crippen molar-refractivity contribution >= 4 is 11.3 Å². The molecule has 0 unspecified atom stereocenters. The second kappa shape index (κ2) is 6.13. The Hall–Kier alpha value is -1.59. The van der Waals surface area contributed by atoms with Gasteiger partial charge in [0.2, 0.25) is 6.79 Å². The molecule has 2 aromatic rings. The van der Waals surface area contributed by atoms with Gasteiger partial charge in [-0.1, -0.05) is 13.8 Å². The van der Waals surface area contributed by atoms with Crippen LogP contribution in [0.5, 0.6) is 11.5 Å². The average Bonchev–Trinajstić information content (AvgIpc) is 3.14. The molecule has 122 valence electrons. The largest absolute Gasteiger partial charge is 0.454 e. The Morgan fingerprint density at radius 2 is 1.96 bits per heavy atom. The van der Waals surface area contributed by atoms with Crippen LogP contribution in [0.15, 0.2) is 23.6 Å². The van der Waals surface area contributed by atoms with Gasteiger partial charge < -0.3 is 9.47 Å². The Morgan fingerprint density at radius 1 is 1.17 bits per heavy atom. The fourth-order valence-corrected chi connectivity index (χ4v) is 4.50. The third kappa shape index (κ3) is 3.21. The average molecular weight is 330 g/mol. The summed E-state index contributed by atoms with van der Waals surface area (Å²) in [5, 5.41) is 3.24. The maximum atomic E-state index is 5.46. The van der Waals surface area contributed by atoms with Crippen molar-refractivity contribution in [3.8, 4) is 22.1 Å². The van der Waals surface area contributed by atoms with Gasteiger partial charge in [0, 0.05) is 30.6 Å². The smallest absolute Gasteiger partial charge is 0.231 e. The molecule has 0 bridgehead atoms. The van der Waals surface area contributed by atoms with E-state index in [0.717, 1.165) is 40.5 Å². The summed E-state index contributed by atoms with van der Waals surface area (Å²) in [6.45, 7) is 8.33. The Labute approximate surface area is 141 Å². The van der Waals surface area contributed by atoms with Crippen molar-refractivity contribution in [3.63, 3.8) is 0 Å². The lowest BCUT2D eigenvalue weighted by molar-refractivity contribution is 0.133. The summed E-state index contributed by atoms with van der Waals surface area (Å²) in [5.74, 6) is 3.20. The normalized spacial score (nSPS) is 24.1. The van der Waals surface area contributed by atoms with Gasteiger partial charge in [-0.25, -0.2) is 4.98 Å². The van der Waals surface area contributed by atoms with Crippen LogP contribution >= 0.6 is 11.3 Å². The first-order chi connectivity index (χ1) is 11.2. The summed E-state index contributed by atoms with van der Waals surface area (Å²) in [6.07, 6.45) is 1.34. The van der Waals surface area contributed by atoms with E-state index in [4.69, 9.17) is 14.5 Å². The number of likely N-dealkylation sites (tertiary alicyclic amines) is 1.